The first-order chi connectivity index (χ1) is 8.36. The van der Waals surface area contributed by atoms with E-state index in [0.717, 1.165) is 0 Å². The van der Waals surface area contributed by atoms with Gasteiger partial charge in [0.1, 0.15) is 0 Å². The van der Waals surface area contributed by atoms with Crippen LogP contribution in [0.2, 0.25) is 0 Å². The molecule has 1 aromatic heterocycles. The van der Waals surface area contributed by atoms with Crippen molar-refractivity contribution in [3.63, 3.8) is 0 Å². The summed E-state index contributed by atoms with van der Waals surface area (Å²) in [6.07, 6.45) is 4.15. The van der Waals surface area contributed by atoms with Crippen LogP contribution in [0.1, 0.15) is 5.56 Å². The molecule has 0 radical (unpaired) electrons. The van der Waals surface area contributed by atoms with Gasteiger partial charge in [-0.1, -0.05) is 18.2 Å². The summed E-state index contributed by atoms with van der Waals surface area (Å²) < 4.78 is 34.8. The highest BCUT2D eigenvalue weighted by molar-refractivity contribution is 5.21. The van der Waals surface area contributed by atoms with E-state index in [2.05, 4.69) is 48.1 Å². The van der Waals surface area contributed by atoms with Gasteiger partial charge in [-0.05, 0) is 12.5 Å². The van der Waals surface area contributed by atoms with Crippen molar-refractivity contribution in [1.29, 1.82) is 0 Å². The number of benzene rings is 1. The molecule has 0 fully saturated rings. The monoisotopic (exact) mass is 270 g/mol. The third-order valence-electron chi connectivity index (χ3n) is 2.05. The molecule has 0 aliphatic heterocycles. The first-order valence-corrected chi connectivity index (χ1v) is 6.29. The van der Waals surface area contributed by atoms with Crippen molar-refractivity contribution in [2.24, 2.45) is 0 Å². The Morgan fingerprint density at radius 2 is 1.39 bits per heavy atom. The predicted octanol–water partition coefficient (Wildman–Crippen LogP) is -1.85. The molecule has 0 spiro atoms. The Labute approximate surface area is 107 Å². The molecule has 0 saturated heterocycles. The minimum Gasteiger partial charge on any atom is -0.183 e. The molecule has 96 valence electrons. The molecule has 0 aliphatic rings. The third-order valence-corrected chi connectivity index (χ3v) is 2.05. The number of aryl methyl sites for hydroxylation is 1. The Hall–Kier alpha value is -1.50. The SMILES string of the molecule is Cc1cc[n+](-c2ccccc2)cc1.[O-][Cl+3]([O-])([O-])O. The van der Waals surface area contributed by atoms with E-state index in [9.17, 15) is 0 Å². The summed E-state index contributed by atoms with van der Waals surface area (Å²) in [6, 6.07) is 14.5. The number of nitrogens with zero attached hydrogens (tertiary/aromatic N) is 1. The largest absolute Gasteiger partial charge is 0.210 e. The van der Waals surface area contributed by atoms with Crippen LogP contribution in [0.5, 0.6) is 0 Å². The van der Waals surface area contributed by atoms with Crippen LogP contribution in [0.4, 0.5) is 0 Å². The number of rotatable bonds is 1. The van der Waals surface area contributed by atoms with Gasteiger partial charge in [0.25, 0.3) is 0 Å². The van der Waals surface area contributed by atoms with E-state index in [1.807, 2.05) is 18.2 Å². The van der Waals surface area contributed by atoms with Crippen molar-refractivity contribution in [1.82, 2.24) is 0 Å². The van der Waals surface area contributed by atoms with Gasteiger partial charge in [0.2, 0.25) is 5.69 Å². The van der Waals surface area contributed by atoms with E-state index in [0.29, 0.717) is 0 Å². The lowest BCUT2D eigenvalue weighted by molar-refractivity contribution is -1.92. The highest BCUT2D eigenvalue weighted by Gasteiger charge is 2.01. The fourth-order valence-electron chi connectivity index (χ4n) is 1.27. The van der Waals surface area contributed by atoms with Crippen LogP contribution in [-0.4, -0.2) is 4.66 Å². The van der Waals surface area contributed by atoms with Crippen LogP contribution >= 0.6 is 0 Å². The average molecular weight is 271 g/mol. The minimum absolute atomic E-state index is 1.20. The number of para-hydroxylation sites is 1. The van der Waals surface area contributed by atoms with E-state index in [1.54, 1.807) is 0 Å². The minimum atomic E-state index is -4.69. The maximum absolute atomic E-state index is 8.60. The van der Waals surface area contributed by atoms with Gasteiger partial charge in [0.15, 0.2) is 12.4 Å². The van der Waals surface area contributed by atoms with Gasteiger partial charge >= 0.3 is 0 Å². The molecule has 1 N–H and O–H groups in total. The quantitative estimate of drug-likeness (QED) is 0.616. The molecule has 0 aliphatic carbocycles. The van der Waals surface area contributed by atoms with Crippen molar-refractivity contribution in [2.45, 2.75) is 6.92 Å². The molecule has 5 nitrogen and oxygen atoms in total. The van der Waals surface area contributed by atoms with Crippen LogP contribution in [0.25, 0.3) is 5.69 Å². The zero-order valence-electron chi connectivity index (χ0n) is 9.69. The lowest BCUT2D eigenvalue weighted by atomic mass is 10.3. The number of aromatic nitrogens is 1. The van der Waals surface area contributed by atoms with Crippen LogP contribution in [0.15, 0.2) is 54.9 Å². The standard InChI is InChI=1S/C12H12N.ClHO4/c1-11-7-9-13(10-8-11)12-5-3-2-4-6-12;2-1(3,4)5/h2-10H,1H3;(H,2,3,4,5)/q+1;. The fourth-order valence-corrected chi connectivity index (χ4v) is 1.27. The Morgan fingerprint density at radius 1 is 0.944 bits per heavy atom. The maximum atomic E-state index is 8.60. The Kier molecular flexibility index (Phi) is 5.21. The van der Waals surface area contributed by atoms with E-state index in [4.69, 9.17) is 18.6 Å². The summed E-state index contributed by atoms with van der Waals surface area (Å²) >= 11 is 0. The summed E-state index contributed by atoms with van der Waals surface area (Å²) in [6.45, 7) is 2.09. The van der Waals surface area contributed by atoms with E-state index < -0.39 is 10.2 Å². The second-order valence-corrected chi connectivity index (χ2v) is 4.31. The summed E-state index contributed by atoms with van der Waals surface area (Å²) in [5.74, 6) is 0. The molecule has 0 unspecified atom stereocenters. The number of halogens is 1. The van der Waals surface area contributed by atoms with Crippen LogP contribution in [-0.2, 0) is 0 Å². The lowest BCUT2D eigenvalue weighted by Crippen LogP contribution is -2.58. The first-order valence-electron chi connectivity index (χ1n) is 5.03. The highest BCUT2D eigenvalue weighted by Crippen LogP contribution is 1.98. The van der Waals surface area contributed by atoms with Gasteiger partial charge in [-0.2, -0.15) is 18.5 Å². The average Bonchev–Trinajstić information content (AvgIpc) is 2.29. The predicted molar refractivity (Wildman–Crippen MR) is 54.9 cm³/mol. The molecule has 2 rings (SSSR count). The normalized spacial score (nSPS) is 10.5. The lowest BCUT2D eigenvalue weighted by Gasteiger charge is -2.03. The zero-order chi connectivity index (χ0) is 13.6. The summed E-state index contributed by atoms with van der Waals surface area (Å²) in [7, 11) is -4.69. The van der Waals surface area contributed by atoms with E-state index in [1.165, 1.54) is 11.3 Å². The molecule has 1 aromatic carbocycles. The fraction of sp³-hybridized carbons (Fsp3) is 0.0833. The van der Waals surface area contributed by atoms with E-state index >= 15 is 0 Å². The van der Waals surface area contributed by atoms with Gasteiger partial charge < -0.3 is 0 Å². The molecular weight excluding hydrogens is 258 g/mol. The second-order valence-electron chi connectivity index (χ2n) is 3.51. The molecule has 0 atom stereocenters. The zero-order valence-corrected chi connectivity index (χ0v) is 10.4. The summed E-state index contributed by atoms with van der Waals surface area (Å²) in [5, 5.41) is 0. The van der Waals surface area contributed by atoms with Crippen LogP contribution in [0.3, 0.4) is 0 Å². The Bertz CT molecular complexity index is 462. The highest BCUT2D eigenvalue weighted by atomic mass is 35.7. The van der Waals surface area contributed by atoms with Crippen molar-refractivity contribution in [3.8, 4) is 5.69 Å². The summed E-state index contributed by atoms with van der Waals surface area (Å²) in [5.41, 5.74) is 2.48. The second kappa shape index (κ2) is 6.44. The molecule has 0 saturated carbocycles. The van der Waals surface area contributed by atoms with Gasteiger partial charge in [-0.3, -0.25) is 0 Å². The Morgan fingerprint density at radius 3 is 1.83 bits per heavy atom. The van der Waals surface area contributed by atoms with Crippen LogP contribution in [0, 0.1) is 17.2 Å². The van der Waals surface area contributed by atoms with Gasteiger partial charge in [0, 0.05) is 24.3 Å². The van der Waals surface area contributed by atoms with Crippen molar-refractivity contribution < 1.29 is 33.4 Å². The molecule has 1 heterocycles. The smallest absolute Gasteiger partial charge is 0.183 e. The van der Waals surface area contributed by atoms with Crippen molar-refractivity contribution in [3.05, 3.63) is 60.4 Å². The summed E-state index contributed by atoms with van der Waals surface area (Å²) in [4.78, 5) is 0. The van der Waals surface area contributed by atoms with Gasteiger partial charge in [-0.25, -0.2) is 0 Å². The first kappa shape index (κ1) is 14.6. The third kappa shape index (κ3) is 6.29. The van der Waals surface area contributed by atoms with Gasteiger partial charge in [-0.15, -0.1) is 0 Å². The molecule has 0 amide bonds. The van der Waals surface area contributed by atoms with Crippen LogP contribution < -0.4 is 18.5 Å². The van der Waals surface area contributed by atoms with Crippen molar-refractivity contribution in [2.75, 3.05) is 0 Å². The number of hydrogen-bond donors (Lipinski definition) is 1. The van der Waals surface area contributed by atoms with Gasteiger partial charge in [0.05, 0.1) is 14.9 Å². The maximum Gasteiger partial charge on any atom is 0.210 e. The molecule has 2 aromatic rings. The van der Waals surface area contributed by atoms with Crippen molar-refractivity contribution >= 4 is 0 Å². The topological polar surface area (TPSA) is 93.3 Å². The number of pyridine rings is 1. The molecular formula is C12H13ClNO4+. The molecule has 6 heteroatoms. The van der Waals surface area contributed by atoms with E-state index in [-0.39, 0.29) is 0 Å². The number of hydrogen-bond acceptors (Lipinski definition) is 4. The molecule has 0 bridgehead atoms. The molecule has 18 heavy (non-hydrogen) atoms. The Balaban J connectivity index is 0.000000280.